The molecule has 0 radical (unpaired) electrons. The van der Waals surface area contributed by atoms with Crippen LogP contribution in [0.15, 0.2) is 6.33 Å². The molecule has 14 heavy (non-hydrogen) atoms. The van der Waals surface area contributed by atoms with Gasteiger partial charge in [0.2, 0.25) is 11.8 Å². The first-order valence-electron chi connectivity index (χ1n) is 4.92. The number of hydrogen-bond acceptors (Lipinski definition) is 4. The van der Waals surface area contributed by atoms with Crippen LogP contribution < -0.4 is 9.47 Å². The van der Waals surface area contributed by atoms with E-state index >= 15 is 0 Å². The molecule has 0 unspecified atom stereocenters. The maximum atomic E-state index is 5.38. The zero-order valence-corrected chi connectivity index (χ0v) is 8.91. The van der Waals surface area contributed by atoms with Crippen LogP contribution in [0.3, 0.4) is 0 Å². The van der Waals surface area contributed by atoms with Crippen molar-refractivity contribution < 1.29 is 9.47 Å². The molecular formula is C10H16N2O2. The number of rotatable bonds is 5. The predicted molar refractivity (Wildman–Crippen MR) is 53.7 cm³/mol. The molecule has 0 aliphatic rings. The van der Waals surface area contributed by atoms with Gasteiger partial charge in [0.25, 0.3) is 0 Å². The number of nitrogens with zero attached hydrogens (tertiary/aromatic N) is 2. The van der Waals surface area contributed by atoms with Gasteiger partial charge < -0.3 is 9.47 Å². The van der Waals surface area contributed by atoms with E-state index in [9.17, 15) is 0 Å². The maximum Gasteiger partial charge on any atom is 0.223 e. The van der Waals surface area contributed by atoms with E-state index in [0.29, 0.717) is 25.0 Å². The molecule has 0 fully saturated rings. The Morgan fingerprint density at radius 3 is 1.86 bits per heavy atom. The van der Waals surface area contributed by atoms with Crippen LogP contribution in [0, 0.1) is 0 Å². The molecule has 0 aromatic carbocycles. The van der Waals surface area contributed by atoms with Crippen molar-refractivity contribution in [3.8, 4) is 11.8 Å². The van der Waals surface area contributed by atoms with E-state index < -0.39 is 0 Å². The van der Waals surface area contributed by atoms with E-state index in [4.69, 9.17) is 9.47 Å². The molecule has 0 saturated heterocycles. The SMILES string of the molecule is CCOc1ncnc(OCC)c1CC. The van der Waals surface area contributed by atoms with Crippen LogP contribution in [0.4, 0.5) is 0 Å². The van der Waals surface area contributed by atoms with Crippen LogP contribution >= 0.6 is 0 Å². The van der Waals surface area contributed by atoms with Gasteiger partial charge in [0, 0.05) is 0 Å². The van der Waals surface area contributed by atoms with E-state index in [2.05, 4.69) is 9.97 Å². The number of hydrogen-bond donors (Lipinski definition) is 0. The van der Waals surface area contributed by atoms with E-state index in [1.807, 2.05) is 20.8 Å². The predicted octanol–water partition coefficient (Wildman–Crippen LogP) is 1.84. The zero-order chi connectivity index (χ0) is 10.4. The third-order valence-electron chi connectivity index (χ3n) is 1.78. The van der Waals surface area contributed by atoms with E-state index in [0.717, 1.165) is 12.0 Å². The van der Waals surface area contributed by atoms with Gasteiger partial charge in [-0.1, -0.05) is 6.92 Å². The molecule has 0 aliphatic carbocycles. The van der Waals surface area contributed by atoms with Crippen molar-refractivity contribution in [2.75, 3.05) is 13.2 Å². The third kappa shape index (κ3) is 2.34. The van der Waals surface area contributed by atoms with Crippen molar-refractivity contribution in [3.63, 3.8) is 0 Å². The lowest BCUT2D eigenvalue weighted by Crippen LogP contribution is -2.04. The molecule has 0 saturated carbocycles. The van der Waals surface area contributed by atoms with Crippen molar-refractivity contribution in [2.45, 2.75) is 27.2 Å². The van der Waals surface area contributed by atoms with Gasteiger partial charge in [-0.15, -0.1) is 0 Å². The Kier molecular flexibility index (Phi) is 4.16. The normalized spacial score (nSPS) is 9.93. The summed E-state index contributed by atoms with van der Waals surface area (Å²) in [6.07, 6.45) is 2.28. The standard InChI is InChI=1S/C10H16N2O2/c1-4-8-9(13-5-2)11-7-12-10(8)14-6-3/h7H,4-6H2,1-3H3. The summed E-state index contributed by atoms with van der Waals surface area (Å²) in [6, 6.07) is 0. The van der Waals surface area contributed by atoms with E-state index in [1.165, 1.54) is 6.33 Å². The fraction of sp³-hybridized carbons (Fsp3) is 0.600. The minimum Gasteiger partial charge on any atom is -0.478 e. The highest BCUT2D eigenvalue weighted by molar-refractivity contribution is 5.34. The van der Waals surface area contributed by atoms with Gasteiger partial charge >= 0.3 is 0 Å². The molecule has 1 aromatic rings. The topological polar surface area (TPSA) is 44.2 Å². The first-order valence-corrected chi connectivity index (χ1v) is 4.92. The van der Waals surface area contributed by atoms with Crippen molar-refractivity contribution in [2.24, 2.45) is 0 Å². The smallest absolute Gasteiger partial charge is 0.223 e. The van der Waals surface area contributed by atoms with Gasteiger partial charge in [0.05, 0.1) is 18.8 Å². The van der Waals surface area contributed by atoms with Gasteiger partial charge in [-0.3, -0.25) is 0 Å². The highest BCUT2D eigenvalue weighted by Crippen LogP contribution is 2.24. The van der Waals surface area contributed by atoms with Gasteiger partial charge in [0.1, 0.15) is 6.33 Å². The Morgan fingerprint density at radius 1 is 1.00 bits per heavy atom. The lowest BCUT2D eigenvalue weighted by atomic mass is 10.2. The largest absolute Gasteiger partial charge is 0.478 e. The molecule has 0 aliphatic heterocycles. The fourth-order valence-corrected chi connectivity index (χ4v) is 1.21. The Balaban J connectivity index is 2.98. The summed E-state index contributed by atoms with van der Waals surface area (Å²) in [6.45, 7) is 7.11. The Morgan fingerprint density at radius 2 is 1.50 bits per heavy atom. The van der Waals surface area contributed by atoms with E-state index in [1.54, 1.807) is 0 Å². The van der Waals surface area contributed by atoms with Gasteiger partial charge in [-0.25, -0.2) is 9.97 Å². The molecule has 1 aromatic heterocycles. The number of ether oxygens (including phenoxy) is 2. The molecule has 0 atom stereocenters. The second-order valence-electron chi connectivity index (χ2n) is 2.68. The minimum atomic E-state index is 0.607. The average Bonchev–Trinajstić information content (AvgIpc) is 2.19. The summed E-state index contributed by atoms with van der Waals surface area (Å²) in [7, 11) is 0. The molecule has 0 spiro atoms. The lowest BCUT2D eigenvalue weighted by molar-refractivity contribution is 0.298. The monoisotopic (exact) mass is 196 g/mol. The quantitative estimate of drug-likeness (QED) is 0.720. The zero-order valence-electron chi connectivity index (χ0n) is 8.91. The van der Waals surface area contributed by atoms with Gasteiger partial charge in [-0.05, 0) is 20.3 Å². The first-order chi connectivity index (χ1) is 6.83. The Labute approximate surface area is 84.3 Å². The summed E-state index contributed by atoms with van der Waals surface area (Å²) < 4.78 is 10.8. The minimum absolute atomic E-state index is 0.607. The first kappa shape index (κ1) is 10.8. The van der Waals surface area contributed by atoms with Crippen molar-refractivity contribution in [1.82, 2.24) is 9.97 Å². The Bertz CT molecular complexity index is 265. The van der Waals surface area contributed by atoms with Crippen molar-refractivity contribution in [3.05, 3.63) is 11.9 Å². The Hall–Kier alpha value is -1.32. The molecule has 78 valence electrons. The van der Waals surface area contributed by atoms with Crippen molar-refractivity contribution >= 4 is 0 Å². The molecular weight excluding hydrogens is 180 g/mol. The average molecular weight is 196 g/mol. The molecule has 4 nitrogen and oxygen atoms in total. The van der Waals surface area contributed by atoms with E-state index in [-0.39, 0.29) is 0 Å². The lowest BCUT2D eigenvalue weighted by Gasteiger charge is -2.10. The van der Waals surface area contributed by atoms with Crippen molar-refractivity contribution in [1.29, 1.82) is 0 Å². The summed E-state index contributed by atoms with van der Waals surface area (Å²) in [5.41, 5.74) is 0.941. The van der Waals surface area contributed by atoms with Crippen LogP contribution in [-0.4, -0.2) is 23.2 Å². The molecule has 0 N–H and O–H groups in total. The maximum absolute atomic E-state index is 5.38. The van der Waals surface area contributed by atoms with Gasteiger partial charge in [-0.2, -0.15) is 0 Å². The fourth-order valence-electron chi connectivity index (χ4n) is 1.21. The van der Waals surface area contributed by atoms with Crippen LogP contribution in [0.2, 0.25) is 0 Å². The van der Waals surface area contributed by atoms with Crippen LogP contribution in [0.1, 0.15) is 26.3 Å². The highest BCUT2D eigenvalue weighted by Gasteiger charge is 2.10. The second-order valence-corrected chi connectivity index (χ2v) is 2.68. The highest BCUT2D eigenvalue weighted by atomic mass is 16.5. The third-order valence-corrected chi connectivity index (χ3v) is 1.78. The van der Waals surface area contributed by atoms with Crippen LogP contribution in [-0.2, 0) is 6.42 Å². The molecule has 4 heteroatoms. The molecule has 0 amide bonds. The molecule has 1 rings (SSSR count). The van der Waals surface area contributed by atoms with Gasteiger partial charge in [0.15, 0.2) is 0 Å². The second kappa shape index (κ2) is 5.42. The number of aromatic nitrogens is 2. The molecule has 0 bridgehead atoms. The molecule has 1 heterocycles. The van der Waals surface area contributed by atoms with Crippen LogP contribution in [0.25, 0.3) is 0 Å². The van der Waals surface area contributed by atoms with Crippen LogP contribution in [0.5, 0.6) is 11.8 Å². The summed E-state index contributed by atoms with van der Waals surface area (Å²) in [5, 5.41) is 0. The summed E-state index contributed by atoms with van der Waals surface area (Å²) >= 11 is 0. The summed E-state index contributed by atoms with van der Waals surface area (Å²) in [5.74, 6) is 1.27. The summed E-state index contributed by atoms with van der Waals surface area (Å²) in [4.78, 5) is 8.14.